The van der Waals surface area contributed by atoms with Crippen molar-refractivity contribution in [2.75, 3.05) is 13.2 Å². The lowest BCUT2D eigenvalue weighted by Gasteiger charge is -2.18. The van der Waals surface area contributed by atoms with Gasteiger partial charge in [0.05, 0.1) is 0 Å². The minimum atomic E-state index is -0.781. The molecule has 83 heavy (non-hydrogen) atoms. The van der Waals surface area contributed by atoms with Gasteiger partial charge in [-0.15, -0.1) is 0 Å². The van der Waals surface area contributed by atoms with Gasteiger partial charge in [0.1, 0.15) is 13.2 Å². The largest absolute Gasteiger partial charge is 0.462 e. The Morgan fingerprint density at radius 1 is 0.253 bits per heavy atom. The summed E-state index contributed by atoms with van der Waals surface area (Å²) >= 11 is 0. The fourth-order valence-electron chi connectivity index (χ4n) is 11.0. The third kappa shape index (κ3) is 69.8. The summed E-state index contributed by atoms with van der Waals surface area (Å²) in [7, 11) is 0. The molecule has 0 radical (unpaired) electrons. The molecule has 484 valence electrons. The molecule has 0 saturated heterocycles. The Balaban J connectivity index is 4.21. The van der Waals surface area contributed by atoms with E-state index in [4.69, 9.17) is 14.2 Å². The first kappa shape index (κ1) is 80.1. The fourth-order valence-corrected chi connectivity index (χ4v) is 11.0. The second kappa shape index (κ2) is 71.6. The van der Waals surface area contributed by atoms with E-state index in [0.717, 1.165) is 96.3 Å². The Kier molecular flexibility index (Phi) is 69.1. The van der Waals surface area contributed by atoms with Gasteiger partial charge in [-0.2, -0.15) is 0 Å². The molecule has 0 bridgehead atoms. The summed E-state index contributed by atoms with van der Waals surface area (Å²) in [5, 5.41) is 0. The third-order valence-electron chi connectivity index (χ3n) is 16.5. The predicted octanol–water partition coefficient (Wildman–Crippen LogP) is 25.5. The number of ether oxygens (including phenoxy) is 3. The van der Waals surface area contributed by atoms with Gasteiger partial charge in [-0.05, 0) is 83.5 Å². The van der Waals surface area contributed by atoms with Crippen molar-refractivity contribution in [1.82, 2.24) is 0 Å². The summed E-state index contributed by atoms with van der Waals surface area (Å²) in [5.41, 5.74) is 0. The van der Waals surface area contributed by atoms with Crippen LogP contribution in [0.2, 0.25) is 0 Å². The highest BCUT2D eigenvalue weighted by Gasteiger charge is 2.19. The lowest BCUT2D eigenvalue weighted by molar-refractivity contribution is -0.167. The summed E-state index contributed by atoms with van der Waals surface area (Å²) in [4.78, 5) is 38.5. The minimum absolute atomic E-state index is 0.0752. The van der Waals surface area contributed by atoms with E-state index in [1.165, 1.54) is 257 Å². The Morgan fingerprint density at radius 3 is 0.747 bits per heavy atom. The van der Waals surface area contributed by atoms with Crippen LogP contribution in [0.4, 0.5) is 0 Å². The monoisotopic (exact) mass is 1160 g/mol. The summed E-state index contributed by atoms with van der Waals surface area (Å²) < 4.78 is 17.0. The molecular weight excluding hydrogens is 1020 g/mol. The van der Waals surface area contributed by atoms with Crippen LogP contribution in [0.5, 0.6) is 0 Å². The number of allylic oxidation sites excluding steroid dienone is 10. The van der Waals surface area contributed by atoms with Crippen molar-refractivity contribution in [2.45, 2.75) is 399 Å². The van der Waals surface area contributed by atoms with Crippen LogP contribution in [0.1, 0.15) is 393 Å². The number of hydrogen-bond acceptors (Lipinski definition) is 6. The normalized spacial score (nSPS) is 12.4. The minimum Gasteiger partial charge on any atom is -0.462 e. The Labute approximate surface area is 517 Å². The van der Waals surface area contributed by atoms with Gasteiger partial charge < -0.3 is 14.2 Å². The van der Waals surface area contributed by atoms with Crippen molar-refractivity contribution < 1.29 is 28.6 Å². The number of carbonyl (C=O) groups is 3. The molecular formula is C77H140O6. The molecule has 0 N–H and O–H groups in total. The first-order valence-corrected chi connectivity index (χ1v) is 36.8. The summed E-state index contributed by atoms with van der Waals surface area (Å²) in [6.45, 7) is 6.58. The zero-order valence-electron chi connectivity index (χ0n) is 55.7. The number of hydrogen-bond donors (Lipinski definition) is 0. The van der Waals surface area contributed by atoms with Gasteiger partial charge >= 0.3 is 17.9 Å². The SMILES string of the molecule is CC/C=C\C/C=C\C/C=C\C/C=C\CCCCCCCCC(=O)OC(COC(=O)CCCCCCCCCCCCCCCCC)COC(=O)CCCCCCCCCCCCCCCCCCCCC/C=C\CCCCCCCCCC. The molecule has 0 aliphatic rings. The van der Waals surface area contributed by atoms with Crippen LogP contribution in [0.25, 0.3) is 0 Å². The highest BCUT2D eigenvalue weighted by atomic mass is 16.6. The highest BCUT2D eigenvalue weighted by molar-refractivity contribution is 5.71. The maximum atomic E-state index is 12.9. The van der Waals surface area contributed by atoms with Gasteiger partial charge in [-0.3, -0.25) is 14.4 Å². The summed E-state index contributed by atoms with van der Waals surface area (Å²) in [6, 6.07) is 0. The molecule has 1 unspecified atom stereocenters. The van der Waals surface area contributed by atoms with E-state index in [0.29, 0.717) is 19.3 Å². The van der Waals surface area contributed by atoms with Gasteiger partial charge in [0.25, 0.3) is 0 Å². The molecule has 0 aliphatic heterocycles. The lowest BCUT2D eigenvalue weighted by atomic mass is 10.0. The molecule has 6 heteroatoms. The zero-order valence-corrected chi connectivity index (χ0v) is 55.7. The molecule has 6 nitrogen and oxygen atoms in total. The van der Waals surface area contributed by atoms with Gasteiger partial charge in [-0.25, -0.2) is 0 Å². The Hall–Kier alpha value is -2.89. The molecule has 0 aromatic rings. The van der Waals surface area contributed by atoms with Crippen molar-refractivity contribution in [3.05, 3.63) is 60.8 Å². The molecule has 0 spiro atoms. The van der Waals surface area contributed by atoms with Crippen molar-refractivity contribution in [3.63, 3.8) is 0 Å². The van der Waals surface area contributed by atoms with Crippen molar-refractivity contribution >= 4 is 17.9 Å². The molecule has 0 aliphatic carbocycles. The zero-order chi connectivity index (χ0) is 59.9. The molecule has 0 aromatic carbocycles. The van der Waals surface area contributed by atoms with Crippen molar-refractivity contribution in [2.24, 2.45) is 0 Å². The van der Waals surface area contributed by atoms with E-state index in [1.54, 1.807) is 0 Å². The lowest BCUT2D eigenvalue weighted by Crippen LogP contribution is -2.30. The van der Waals surface area contributed by atoms with Crippen LogP contribution >= 0.6 is 0 Å². The van der Waals surface area contributed by atoms with Crippen LogP contribution in [0.15, 0.2) is 60.8 Å². The van der Waals surface area contributed by atoms with Gasteiger partial charge in [-0.1, -0.05) is 351 Å². The fraction of sp³-hybridized carbons (Fsp3) is 0.831. The number of unbranched alkanes of at least 4 members (excludes halogenated alkanes) is 47. The molecule has 0 amide bonds. The van der Waals surface area contributed by atoms with E-state index in [-0.39, 0.29) is 31.1 Å². The van der Waals surface area contributed by atoms with Gasteiger partial charge in [0.2, 0.25) is 0 Å². The van der Waals surface area contributed by atoms with Gasteiger partial charge in [0, 0.05) is 19.3 Å². The molecule has 0 fully saturated rings. The van der Waals surface area contributed by atoms with E-state index in [9.17, 15) is 14.4 Å². The summed E-state index contributed by atoms with van der Waals surface area (Å²) in [6.07, 6.45) is 92.6. The highest BCUT2D eigenvalue weighted by Crippen LogP contribution is 2.19. The Morgan fingerprint density at radius 2 is 0.470 bits per heavy atom. The maximum Gasteiger partial charge on any atom is 0.306 e. The van der Waals surface area contributed by atoms with Crippen LogP contribution in [0, 0.1) is 0 Å². The van der Waals surface area contributed by atoms with Crippen molar-refractivity contribution in [1.29, 1.82) is 0 Å². The number of esters is 3. The average molecular weight is 1160 g/mol. The quantitative estimate of drug-likeness (QED) is 0.0261. The van der Waals surface area contributed by atoms with Crippen LogP contribution in [-0.2, 0) is 28.6 Å². The molecule has 1 atom stereocenters. The molecule has 0 aromatic heterocycles. The smallest absolute Gasteiger partial charge is 0.306 e. The Bertz CT molecular complexity index is 1470. The number of rotatable bonds is 68. The first-order chi connectivity index (χ1) is 41.0. The molecule has 0 saturated carbocycles. The van der Waals surface area contributed by atoms with Gasteiger partial charge in [0.15, 0.2) is 6.10 Å². The van der Waals surface area contributed by atoms with E-state index in [2.05, 4.69) is 81.5 Å². The standard InChI is InChI=1S/C77H140O6/c1-4-7-10-13-16-19-22-25-28-30-32-33-34-35-36-37-38-39-40-41-42-43-45-46-49-52-55-58-61-64-67-70-76(79)82-73-74(72-81-75(78)69-66-63-60-57-54-51-48-27-24-21-18-15-12-9-6-3)83-77(80)71-68-65-62-59-56-53-50-47-44-31-29-26-23-20-17-14-11-8-5-2/h8,11,17,20,26,29-30,32,44,47,74H,4-7,9-10,12-16,18-19,21-25,27-28,31,33-43,45-46,48-73H2,1-3H3/b11-8-,20-17-,29-26-,32-30-,47-44-. The third-order valence-corrected chi connectivity index (χ3v) is 16.5. The average Bonchev–Trinajstić information content (AvgIpc) is 3.49. The topological polar surface area (TPSA) is 78.9 Å². The second-order valence-corrected chi connectivity index (χ2v) is 24.8. The predicted molar refractivity (Wildman–Crippen MR) is 362 cm³/mol. The van der Waals surface area contributed by atoms with Crippen LogP contribution < -0.4 is 0 Å². The van der Waals surface area contributed by atoms with Crippen LogP contribution in [0.3, 0.4) is 0 Å². The maximum absolute atomic E-state index is 12.9. The molecule has 0 rings (SSSR count). The first-order valence-electron chi connectivity index (χ1n) is 36.8. The van der Waals surface area contributed by atoms with E-state index in [1.807, 2.05) is 0 Å². The van der Waals surface area contributed by atoms with E-state index >= 15 is 0 Å². The second-order valence-electron chi connectivity index (χ2n) is 24.8. The van der Waals surface area contributed by atoms with E-state index < -0.39 is 6.10 Å². The summed E-state index contributed by atoms with van der Waals surface area (Å²) in [5.74, 6) is -0.863. The van der Waals surface area contributed by atoms with Crippen LogP contribution in [-0.4, -0.2) is 37.2 Å². The molecule has 0 heterocycles. The number of carbonyl (C=O) groups excluding carboxylic acids is 3. The van der Waals surface area contributed by atoms with Crippen molar-refractivity contribution in [3.8, 4) is 0 Å².